The zero-order valence-corrected chi connectivity index (χ0v) is 13.6. The van der Waals surface area contributed by atoms with Crippen LogP contribution in [0.5, 0.6) is 0 Å². The Morgan fingerprint density at radius 1 is 0.905 bits per heavy atom. The number of nitrogens with one attached hydrogen (secondary N) is 1. The van der Waals surface area contributed by atoms with Crippen molar-refractivity contribution in [1.82, 2.24) is 5.32 Å². The van der Waals surface area contributed by atoms with E-state index in [1.54, 1.807) is 0 Å². The number of hydrogen-bond acceptors (Lipinski definition) is 2. The fraction of sp³-hybridized carbons (Fsp3) is 0.263. The van der Waals surface area contributed by atoms with Gasteiger partial charge >= 0.3 is 0 Å². The van der Waals surface area contributed by atoms with E-state index in [1.165, 1.54) is 26.1 Å². The lowest BCUT2D eigenvalue weighted by molar-refractivity contribution is 0.449. The molecule has 1 heterocycles. The van der Waals surface area contributed by atoms with Gasteiger partial charge in [-0.2, -0.15) is 0 Å². The first-order chi connectivity index (χ1) is 10.2. The van der Waals surface area contributed by atoms with Crippen molar-refractivity contribution in [3.63, 3.8) is 0 Å². The van der Waals surface area contributed by atoms with E-state index in [9.17, 15) is 0 Å². The average Bonchev–Trinajstić information content (AvgIpc) is 2.96. The highest BCUT2D eigenvalue weighted by atomic mass is 32.1. The Hall–Kier alpha value is -1.64. The lowest BCUT2D eigenvalue weighted by Gasteiger charge is -2.18. The predicted molar refractivity (Wildman–Crippen MR) is 93.9 cm³/mol. The van der Waals surface area contributed by atoms with Gasteiger partial charge in [-0.05, 0) is 41.4 Å². The van der Waals surface area contributed by atoms with Crippen LogP contribution in [-0.4, -0.2) is 7.05 Å². The standard InChI is InChI=1S/C19H21NS/c1-13(2)19(20-3)18-12-11-17(21-18)16-10-6-8-14-7-4-5-9-15(14)16/h4-13,19-20H,1-3H3. The molecular formula is C19H21NS. The minimum atomic E-state index is 0.429. The normalized spacial score (nSPS) is 13.0. The van der Waals surface area contributed by atoms with E-state index in [1.807, 2.05) is 18.4 Å². The van der Waals surface area contributed by atoms with Gasteiger partial charge in [-0.15, -0.1) is 11.3 Å². The van der Waals surface area contributed by atoms with Gasteiger partial charge in [0.25, 0.3) is 0 Å². The molecule has 0 amide bonds. The van der Waals surface area contributed by atoms with Crippen LogP contribution in [-0.2, 0) is 0 Å². The van der Waals surface area contributed by atoms with Crippen LogP contribution in [0.1, 0.15) is 24.8 Å². The van der Waals surface area contributed by atoms with Crippen molar-refractivity contribution >= 4 is 22.1 Å². The van der Waals surface area contributed by atoms with E-state index in [0.29, 0.717) is 12.0 Å². The van der Waals surface area contributed by atoms with Gasteiger partial charge in [-0.25, -0.2) is 0 Å². The molecule has 3 rings (SSSR count). The molecular weight excluding hydrogens is 274 g/mol. The molecule has 0 aliphatic carbocycles. The van der Waals surface area contributed by atoms with Crippen molar-refractivity contribution in [2.24, 2.45) is 5.92 Å². The highest BCUT2D eigenvalue weighted by molar-refractivity contribution is 7.15. The third-order valence-electron chi connectivity index (χ3n) is 3.97. The Balaban J connectivity index is 2.06. The van der Waals surface area contributed by atoms with Gasteiger partial charge in [-0.3, -0.25) is 0 Å². The quantitative estimate of drug-likeness (QED) is 0.671. The summed E-state index contributed by atoms with van der Waals surface area (Å²) < 4.78 is 0. The second kappa shape index (κ2) is 6.00. The molecule has 2 aromatic carbocycles. The van der Waals surface area contributed by atoms with E-state index in [0.717, 1.165) is 0 Å². The summed E-state index contributed by atoms with van der Waals surface area (Å²) in [7, 11) is 2.04. The molecule has 0 bridgehead atoms. The second-order valence-corrected chi connectivity index (χ2v) is 6.85. The van der Waals surface area contributed by atoms with Crippen molar-refractivity contribution in [3.05, 3.63) is 59.5 Å². The van der Waals surface area contributed by atoms with Crippen LogP contribution in [0.3, 0.4) is 0 Å². The fourth-order valence-corrected chi connectivity index (χ4v) is 4.24. The number of hydrogen-bond donors (Lipinski definition) is 1. The maximum Gasteiger partial charge on any atom is 0.0435 e. The lowest BCUT2D eigenvalue weighted by atomic mass is 10.0. The first-order valence-electron chi connectivity index (χ1n) is 7.46. The Bertz CT molecular complexity index is 737. The molecule has 0 aliphatic rings. The highest BCUT2D eigenvalue weighted by Gasteiger charge is 2.16. The maximum atomic E-state index is 3.43. The van der Waals surface area contributed by atoms with Crippen LogP contribution >= 0.6 is 11.3 Å². The monoisotopic (exact) mass is 295 g/mol. The molecule has 3 aromatic rings. The first kappa shape index (κ1) is 14.3. The van der Waals surface area contributed by atoms with Gasteiger partial charge in [0.05, 0.1) is 0 Å². The molecule has 2 heteroatoms. The van der Waals surface area contributed by atoms with Crippen LogP contribution in [0.25, 0.3) is 21.2 Å². The fourth-order valence-electron chi connectivity index (χ4n) is 2.91. The second-order valence-electron chi connectivity index (χ2n) is 5.74. The van der Waals surface area contributed by atoms with Gasteiger partial charge in [0.1, 0.15) is 0 Å². The van der Waals surface area contributed by atoms with Crippen LogP contribution in [0, 0.1) is 5.92 Å². The van der Waals surface area contributed by atoms with Crippen molar-refractivity contribution in [3.8, 4) is 10.4 Å². The summed E-state index contributed by atoms with van der Waals surface area (Å²) in [4.78, 5) is 2.76. The van der Waals surface area contributed by atoms with Gasteiger partial charge in [0, 0.05) is 15.8 Å². The van der Waals surface area contributed by atoms with Crippen molar-refractivity contribution < 1.29 is 0 Å². The smallest absolute Gasteiger partial charge is 0.0435 e. The predicted octanol–water partition coefficient (Wildman–Crippen LogP) is 5.48. The molecule has 1 aromatic heterocycles. The van der Waals surface area contributed by atoms with Gasteiger partial charge in [-0.1, -0.05) is 56.3 Å². The number of thiophene rings is 1. The van der Waals surface area contributed by atoms with Gasteiger partial charge in [0.15, 0.2) is 0 Å². The van der Waals surface area contributed by atoms with Crippen molar-refractivity contribution in [1.29, 1.82) is 0 Å². The minimum Gasteiger partial charge on any atom is -0.312 e. The average molecular weight is 295 g/mol. The van der Waals surface area contributed by atoms with Crippen LogP contribution in [0.15, 0.2) is 54.6 Å². The van der Waals surface area contributed by atoms with Gasteiger partial charge < -0.3 is 5.32 Å². The summed E-state index contributed by atoms with van der Waals surface area (Å²) in [5, 5.41) is 6.07. The topological polar surface area (TPSA) is 12.0 Å². The zero-order chi connectivity index (χ0) is 14.8. The molecule has 1 N–H and O–H groups in total. The molecule has 1 atom stereocenters. The molecule has 1 nitrogen and oxygen atoms in total. The zero-order valence-electron chi connectivity index (χ0n) is 12.8. The Morgan fingerprint density at radius 2 is 1.67 bits per heavy atom. The molecule has 21 heavy (non-hydrogen) atoms. The van der Waals surface area contributed by atoms with Gasteiger partial charge in [0.2, 0.25) is 0 Å². The van der Waals surface area contributed by atoms with E-state index in [-0.39, 0.29) is 0 Å². The van der Waals surface area contributed by atoms with E-state index < -0.39 is 0 Å². The third kappa shape index (κ3) is 2.74. The molecule has 0 radical (unpaired) electrons. The molecule has 0 aliphatic heterocycles. The molecule has 1 unspecified atom stereocenters. The number of benzene rings is 2. The summed E-state index contributed by atoms with van der Waals surface area (Å²) >= 11 is 1.90. The first-order valence-corrected chi connectivity index (χ1v) is 8.27. The SMILES string of the molecule is CNC(c1ccc(-c2cccc3ccccc23)s1)C(C)C. The highest BCUT2D eigenvalue weighted by Crippen LogP contribution is 2.37. The summed E-state index contributed by atoms with van der Waals surface area (Å²) in [6.07, 6.45) is 0. The molecule has 0 saturated heterocycles. The van der Waals surface area contributed by atoms with Crippen LogP contribution in [0.2, 0.25) is 0 Å². The van der Waals surface area contributed by atoms with Crippen molar-refractivity contribution in [2.45, 2.75) is 19.9 Å². The molecule has 0 spiro atoms. The van der Waals surface area contributed by atoms with E-state index in [4.69, 9.17) is 0 Å². The lowest BCUT2D eigenvalue weighted by Crippen LogP contribution is -2.20. The maximum absolute atomic E-state index is 3.43. The number of rotatable bonds is 4. The van der Waals surface area contributed by atoms with E-state index >= 15 is 0 Å². The largest absolute Gasteiger partial charge is 0.312 e. The summed E-state index contributed by atoms with van der Waals surface area (Å²) in [5.41, 5.74) is 1.34. The van der Waals surface area contributed by atoms with Crippen LogP contribution < -0.4 is 5.32 Å². The Labute approximate surface area is 130 Å². The summed E-state index contributed by atoms with van der Waals surface area (Å²) in [6, 6.07) is 20.1. The van der Waals surface area contributed by atoms with Crippen molar-refractivity contribution in [2.75, 3.05) is 7.05 Å². The Morgan fingerprint density at radius 3 is 2.43 bits per heavy atom. The molecule has 0 fully saturated rings. The third-order valence-corrected chi connectivity index (χ3v) is 5.17. The molecule has 0 saturated carbocycles. The van der Waals surface area contributed by atoms with E-state index in [2.05, 4.69) is 73.8 Å². The Kier molecular flexibility index (Phi) is 4.09. The summed E-state index contributed by atoms with van der Waals surface area (Å²) in [5.74, 6) is 0.592. The summed E-state index contributed by atoms with van der Waals surface area (Å²) in [6.45, 7) is 4.52. The number of fused-ring (bicyclic) bond motifs is 1. The molecule has 108 valence electrons. The van der Waals surface area contributed by atoms with Crippen LogP contribution in [0.4, 0.5) is 0 Å². The minimum absolute atomic E-state index is 0.429.